The Labute approximate surface area is 150 Å². The molecule has 1 saturated heterocycles. The molecular formula is C19H20F2N2O3. The van der Waals surface area contributed by atoms with Crippen LogP contribution < -0.4 is 9.47 Å². The molecule has 2 heterocycles. The molecule has 0 spiro atoms. The standard InChI is InChI=1S/C19H20F2N2O3/c1-25-15-5-2-6-16(9-15)26-12-13-4-3-7-23(11-13)19(24)18-17(21)8-14(20)10-22-18/h2,5-6,8-10,13H,3-4,7,11-12H2,1H3/t13-/m1/s1. The fourth-order valence-corrected chi connectivity index (χ4v) is 3.01. The third-order valence-electron chi connectivity index (χ3n) is 4.34. The molecule has 1 aliphatic heterocycles. The number of carbonyl (C=O) groups excluding carboxylic acids is 1. The largest absolute Gasteiger partial charge is 0.497 e. The third-order valence-corrected chi connectivity index (χ3v) is 4.34. The number of ether oxygens (including phenoxy) is 2. The number of hydrogen-bond acceptors (Lipinski definition) is 4. The minimum Gasteiger partial charge on any atom is -0.497 e. The van der Waals surface area contributed by atoms with Gasteiger partial charge in [-0.3, -0.25) is 4.79 Å². The molecule has 7 heteroatoms. The second kappa shape index (κ2) is 8.12. The van der Waals surface area contributed by atoms with E-state index < -0.39 is 17.5 Å². The van der Waals surface area contributed by atoms with Gasteiger partial charge in [-0.2, -0.15) is 0 Å². The van der Waals surface area contributed by atoms with Gasteiger partial charge in [-0.15, -0.1) is 0 Å². The summed E-state index contributed by atoms with van der Waals surface area (Å²) in [5, 5.41) is 0. The Kier molecular flexibility index (Phi) is 5.65. The summed E-state index contributed by atoms with van der Waals surface area (Å²) >= 11 is 0. The van der Waals surface area contributed by atoms with Gasteiger partial charge in [-0.1, -0.05) is 6.07 Å². The fourth-order valence-electron chi connectivity index (χ4n) is 3.01. The first-order chi connectivity index (χ1) is 12.6. The van der Waals surface area contributed by atoms with Gasteiger partial charge < -0.3 is 14.4 Å². The number of nitrogens with zero attached hydrogens (tertiary/aromatic N) is 2. The minimum absolute atomic E-state index is 0.127. The van der Waals surface area contributed by atoms with Crippen LogP contribution >= 0.6 is 0 Å². The van der Waals surface area contributed by atoms with Crippen LogP contribution in [0.3, 0.4) is 0 Å². The molecule has 138 valence electrons. The summed E-state index contributed by atoms with van der Waals surface area (Å²) in [5.41, 5.74) is -0.347. The van der Waals surface area contributed by atoms with Gasteiger partial charge in [0.2, 0.25) is 0 Å². The molecule has 1 amide bonds. The topological polar surface area (TPSA) is 51.7 Å². The van der Waals surface area contributed by atoms with Gasteiger partial charge >= 0.3 is 0 Å². The summed E-state index contributed by atoms with van der Waals surface area (Å²) in [6.45, 7) is 1.41. The summed E-state index contributed by atoms with van der Waals surface area (Å²) < 4.78 is 37.8. The van der Waals surface area contributed by atoms with E-state index >= 15 is 0 Å². The number of amides is 1. The molecule has 0 saturated carbocycles. The van der Waals surface area contributed by atoms with Crippen molar-refractivity contribution in [3.8, 4) is 11.5 Å². The molecule has 0 unspecified atom stereocenters. The van der Waals surface area contributed by atoms with Crippen molar-refractivity contribution in [2.75, 3.05) is 26.8 Å². The number of pyridine rings is 1. The number of aromatic nitrogens is 1. The Morgan fingerprint density at radius 1 is 1.31 bits per heavy atom. The molecule has 1 aromatic heterocycles. The van der Waals surface area contributed by atoms with E-state index in [1.54, 1.807) is 18.1 Å². The molecule has 3 rings (SSSR count). The number of halogens is 2. The SMILES string of the molecule is COc1cccc(OC[C@@H]2CCCN(C(=O)c3ncc(F)cc3F)C2)c1. The van der Waals surface area contributed by atoms with Crippen LogP contribution in [0, 0.1) is 17.6 Å². The number of piperidine rings is 1. The Hall–Kier alpha value is -2.70. The molecule has 0 N–H and O–H groups in total. The highest BCUT2D eigenvalue weighted by Gasteiger charge is 2.27. The molecule has 1 fully saturated rings. The van der Waals surface area contributed by atoms with Gasteiger partial charge in [0, 0.05) is 31.1 Å². The van der Waals surface area contributed by atoms with Gasteiger partial charge in [0.1, 0.15) is 17.3 Å². The number of rotatable bonds is 5. The third kappa shape index (κ3) is 4.28. The van der Waals surface area contributed by atoms with Crippen molar-refractivity contribution in [2.45, 2.75) is 12.8 Å². The molecule has 1 atom stereocenters. The minimum atomic E-state index is -0.940. The lowest BCUT2D eigenvalue weighted by atomic mass is 9.98. The van der Waals surface area contributed by atoms with Gasteiger partial charge in [0.15, 0.2) is 11.5 Å². The fraction of sp³-hybridized carbons (Fsp3) is 0.368. The molecule has 1 aliphatic rings. The van der Waals surface area contributed by atoms with Crippen molar-refractivity contribution in [2.24, 2.45) is 5.92 Å². The molecule has 0 aliphatic carbocycles. The lowest BCUT2D eigenvalue weighted by molar-refractivity contribution is 0.0622. The highest BCUT2D eigenvalue weighted by Crippen LogP contribution is 2.23. The maximum absolute atomic E-state index is 13.8. The average Bonchev–Trinajstić information content (AvgIpc) is 2.66. The van der Waals surface area contributed by atoms with Crippen molar-refractivity contribution in [1.82, 2.24) is 9.88 Å². The summed E-state index contributed by atoms with van der Waals surface area (Å²) in [6.07, 6.45) is 2.55. The van der Waals surface area contributed by atoms with E-state index in [0.717, 1.165) is 19.0 Å². The number of methoxy groups -OCH3 is 1. The molecule has 1 aromatic carbocycles. The maximum Gasteiger partial charge on any atom is 0.275 e. The van der Waals surface area contributed by atoms with Crippen LogP contribution in [0.2, 0.25) is 0 Å². The van der Waals surface area contributed by atoms with E-state index in [0.29, 0.717) is 37.3 Å². The van der Waals surface area contributed by atoms with Crippen LogP contribution in [-0.4, -0.2) is 42.6 Å². The summed E-state index contributed by atoms with van der Waals surface area (Å²) in [7, 11) is 1.59. The Morgan fingerprint density at radius 3 is 2.88 bits per heavy atom. The van der Waals surface area contributed by atoms with Gasteiger partial charge in [-0.05, 0) is 25.0 Å². The van der Waals surface area contributed by atoms with E-state index in [1.807, 2.05) is 18.2 Å². The predicted molar refractivity (Wildman–Crippen MR) is 91.3 cm³/mol. The normalized spacial score (nSPS) is 17.0. The quantitative estimate of drug-likeness (QED) is 0.819. The second-order valence-corrected chi connectivity index (χ2v) is 6.23. The Morgan fingerprint density at radius 2 is 2.12 bits per heavy atom. The van der Waals surface area contributed by atoms with Crippen molar-refractivity contribution >= 4 is 5.91 Å². The van der Waals surface area contributed by atoms with Crippen molar-refractivity contribution in [3.63, 3.8) is 0 Å². The Balaban J connectivity index is 1.60. The number of hydrogen-bond donors (Lipinski definition) is 0. The molecule has 26 heavy (non-hydrogen) atoms. The van der Waals surface area contributed by atoms with E-state index in [-0.39, 0.29) is 11.6 Å². The van der Waals surface area contributed by atoms with E-state index in [4.69, 9.17) is 9.47 Å². The molecule has 0 bridgehead atoms. The van der Waals surface area contributed by atoms with Gasteiger partial charge in [0.05, 0.1) is 19.9 Å². The highest BCUT2D eigenvalue weighted by atomic mass is 19.1. The first kappa shape index (κ1) is 18.1. The zero-order valence-electron chi connectivity index (χ0n) is 14.5. The van der Waals surface area contributed by atoms with Crippen molar-refractivity contribution < 1.29 is 23.0 Å². The first-order valence-corrected chi connectivity index (χ1v) is 8.44. The zero-order chi connectivity index (χ0) is 18.5. The zero-order valence-corrected chi connectivity index (χ0v) is 14.5. The average molecular weight is 362 g/mol. The summed E-state index contributed by atoms with van der Waals surface area (Å²) in [6, 6.07) is 7.98. The maximum atomic E-state index is 13.8. The van der Waals surface area contributed by atoms with Crippen LogP contribution in [0.4, 0.5) is 8.78 Å². The lowest BCUT2D eigenvalue weighted by Gasteiger charge is -2.32. The van der Waals surface area contributed by atoms with Crippen LogP contribution in [0.5, 0.6) is 11.5 Å². The van der Waals surface area contributed by atoms with Crippen molar-refractivity contribution in [3.05, 3.63) is 53.9 Å². The molecular weight excluding hydrogens is 342 g/mol. The van der Waals surface area contributed by atoms with Crippen LogP contribution in [0.15, 0.2) is 36.5 Å². The second-order valence-electron chi connectivity index (χ2n) is 6.23. The predicted octanol–water partition coefficient (Wildman–Crippen LogP) is 3.30. The van der Waals surface area contributed by atoms with Crippen LogP contribution in [0.1, 0.15) is 23.3 Å². The van der Waals surface area contributed by atoms with E-state index in [9.17, 15) is 13.6 Å². The smallest absolute Gasteiger partial charge is 0.275 e. The first-order valence-electron chi connectivity index (χ1n) is 8.44. The molecule has 5 nitrogen and oxygen atoms in total. The van der Waals surface area contributed by atoms with Gasteiger partial charge in [-0.25, -0.2) is 13.8 Å². The van der Waals surface area contributed by atoms with E-state index in [1.165, 1.54) is 0 Å². The van der Waals surface area contributed by atoms with Gasteiger partial charge in [0.25, 0.3) is 5.91 Å². The summed E-state index contributed by atoms with van der Waals surface area (Å²) in [4.78, 5) is 17.6. The lowest BCUT2D eigenvalue weighted by Crippen LogP contribution is -2.42. The highest BCUT2D eigenvalue weighted by molar-refractivity contribution is 5.92. The molecule has 0 radical (unpaired) electrons. The molecule has 2 aromatic rings. The summed E-state index contributed by atoms with van der Waals surface area (Å²) in [5.74, 6) is -0.733. The van der Waals surface area contributed by atoms with E-state index in [2.05, 4.69) is 4.98 Å². The monoisotopic (exact) mass is 362 g/mol. The van der Waals surface area contributed by atoms with Crippen LogP contribution in [0.25, 0.3) is 0 Å². The van der Waals surface area contributed by atoms with Crippen molar-refractivity contribution in [1.29, 1.82) is 0 Å². The number of likely N-dealkylation sites (tertiary alicyclic amines) is 1. The van der Waals surface area contributed by atoms with Crippen LogP contribution in [-0.2, 0) is 0 Å². The number of carbonyl (C=O) groups is 1. The Bertz CT molecular complexity index is 785. The number of benzene rings is 1.